The van der Waals surface area contributed by atoms with Gasteiger partial charge in [0.1, 0.15) is 9.34 Å². The predicted octanol–water partition coefficient (Wildman–Crippen LogP) is 2.16. The number of rotatable bonds is 7. The van der Waals surface area contributed by atoms with E-state index in [-0.39, 0.29) is 17.4 Å². The molecule has 0 radical (unpaired) electrons. The third kappa shape index (κ3) is 5.09. The van der Waals surface area contributed by atoms with Gasteiger partial charge < -0.3 is 5.32 Å². The summed E-state index contributed by atoms with van der Waals surface area (Å²) in [7, 11) is -3.12. The first-order valence-corrected chi connectivity index (χ1v) is 11.9. The monoisotopic (exact) mass is 442 g/mol. The van der Waals surface area contributed by atoms with Crippen molar-refractivity contribution in [3.8, 4) is 10.6 Å². The van der Waals surface area contributed by atoms with Crippen LogP contribution in [0, 0.1) is 0 Å². The van der Waals surface area contributed by atoms with Gasteiger partial charge >= 0.3 is 0 Å². The van der Waals surface area contributed by atoms with Crippen LogP contribution in [0.1, 0.15) is 17.4 Å². The maximum atomic E-state index is 12.4. The molecule has 7 nitrogen and oxygen atoms in total. The molecule has 2 heterocycles. The van der Waals surface area contributed by atoms with Gasteiger partial charge in [0.15, 0.2) is 5.69 Å². The Morgan fingerprint density at radius 1 is 1.21 bits per heavy atom. The summed E-state index contributed by atoms with van der Waals surface area (Å²) in [5, 5.41) is 3.56. The molecule has 1 N–H and O–H groups in total. The maximum Gasteiger partial charge on any atom is 0.272 e. The highest BCUT2D eigenvalue weighted by Crippen LogP contribution is 2.31. The van der Waals surface area contributed by atoms with Gasteiger partial charge in [0.25, 0.3) is 5.91 Å². The van der Waals surface area contributed by atoms with Crippen LogP contribution in [-0.4, -0.2) is 73.5 Å². The molecule has 1 fully saturated rings. The first kappa shape index (κ1) is 21.2. The van der Waals surface area contributed by atoms with Crippen LogP contribution in [0.15, 0.2) is 30.3 Å². The number of carbonyl (C=O) groups excluding carboxylic acids is 1. The van der Waals surface area contributed by atoms with Crippen molar-refractivity contribution in [2.75, 3.05) is 45.0 Å². The van der Waals surface area contributed by atoms with Crippen LogP contribution in [0.2, 0.25) is 4.34 Å². The van der Waals surface area contributed by atoms with E-state index in [2.05, 4.69) is 15.2 Å². The van der Waals surface area contributed by atoms with Gasteiger partial charge in [-0.15, -0.1) is 11.3 Å². The summed E-state index contributed by atoms with van der Waals surface area (Å²) in [4.78, 5) is 18.9. The molecule has 3 rings (SSSR count). The van der Waals surface area contributed by atoms with E-state index >= 15 is 0 Å². The molecule has 1 saturated heterocycles. The van der Waals surface area contributed by atoms with Crippen molar-refractivity contribution in [1.82, 2.24) is 19.5 Å². The van der Waals surface area contributed by atoms with Gasteiger partial charge in [-0.25, -0.2) is 13.4 Å². The minimum atomic E-state index is -3.12. The molecule has 0 spiro atoms. The summed E-state index contributed by atoms with van der Waals surface area (Å²) in [5.74, 6) is -0.168. The first-order valence-electron chi connectivity index (χ1n) is 9.11. The van der Waals surface area contributed by atoms with E-state index in [0.29, 0.717) is 48.6 Å². The molecule has 1 aliphatic heterocycles. The van der Waals surface area contributed by atoms with Crippen LogP contribution in [0.3, 0.4) is 0 Å². The summed E-state index contributed by atoms with van der Waals surface area (Å²) < 4.78 is 25.7. The lowest BCUT2D eigenvalue weighted by Gasteiger charge is -2.33. The molecule has 1 aromatic heterocycles. The smallest absolute Gasteiger partial charge is 0.272 e. The summed E-state index contributed by atoms with van der Waals surface area (Å²) in [6.45, 7) is 5.05. The fraction of sp³-hybridized carbons (Fsp3) is 0.444. The van der Waals surface area contributed by atoms with Crippen LogP contribution < -0.4 is 5.32 Å². The fourth-order valence-corrected chi connectivity index (χ4v) is 5.20. The van der Waals surface area contributed by atoms with Crippen molar-refractivity contribution < 1.29 is 13.2 Å². The second kappa shape index (κ2) is 9.32. The standard InChI is InChI=1S/C18H23ClN4O3S2/c1-2-28(25,26)23-12-10-22(11-13-23)9-8-20-17(24)15-16(19)27-18(21-15)14-6-4-3-5-7-14/h3-7H,2,8-13H2,1H3,(H,20,24). The molecule has 152 valence electrons. The molecule has 0 aliphatic carbocycles. The predicted molar refractivity (Wildman–Crippen MR) is 112 cm³/mol. The van der Waals surface area contributed by atoms with Gasteiger partial charge in [0.2, 0.25) is 10.0 Å². The van der Waals surface area contributed by atoms with Gasteiger partial charge in [-0.2, -0.15) is 4.31 Å². The maximum absolute atomic E-state index is 12.4. The number of amides is 1. The van der Waals surface area contributed by atoms with Crippen LogP contribution >= 0.6 is 22.9 Å². The van der Waals surface area contributed by atoms with Gasteiger partial charge in [0, 0.05) is 44.8 Å². The zero-order valence-electron chi connectivity index (χ0n) is 15.6. The number of sulfonamides is 1. The van der Waals surface area contributed by atoms with E-state index in [1.807, 2.05) is 30.3 Å². The Balaban J connectivity index is 1.49. The number of piperazine rings is 1. The summed E-state index contributed by atoms with van der Waals surface area (Å²) in [5.41, 5.74) is 1.16. The van der Waals surface area contributed by atoms with Crippen LogP contribution in [0.5, 0.6) is 0 Å². The summed E-state index contributed by atoms with van der Waals surface area (Å²) in [6, 6.07) is 9.60. The van der Waals surface area contributed by atoms with E-state index in [1.54, 1.807) is 6.92 Å². The largest absolute Gasteiger partial charge is 0.349 e. The summed E-state index contributed by atoms with van der Waals surface area (Å²) >= 11 is 7.49. The van der Waals surface area contributed by atoms with E-state index in [1.165, 1.54) is 15.6 Å². The number of halogens is 1. The number of hydrogen-bond donors (Lipinski definition) is 1. The zero-order valence-corrected chi connectivity index (χ0v) is 18.0. The van der Waals surface area contributed by atoms with Crippen molar-refractivity contribution in [1.29, 1.82) is 0 Å². The Morgan fingerprint density at radius 2 is 1.89 bits per heavy atom. The number of aromatic nitrogens is 1. The van der Waals surface area contributed by atoms with Crippen molar-refractivity contribution in [2.24, 2.45) is 0 Å². The molecule has 28 heavy (non-hydrogen) atoms. The topological polar surface area (TPSA) is 82.6 Å². The molecule has 1 aromatic carbocycles. The zero-order chi connectivity index (χ0) is 20.1. The van der Waals surface area contributed by atoms with Crippen LogP contribution in [0.25, 0.3) is 10.6 Å². The highest BCUT2D eigenvalue weighted by molar-refractivity contribution is 7.89. The van der Waals surface area contributed by atoms with E-state index in [4.69, 9.17) is 11.6 Å². The highest BCUT2D eigenvalue weighted by Gasteiger charge is 2.25. The number of thiazole rings is 1. The molecule has 0 atom stereocenters. The Bertz CT molecular complexity index is 910. The van der Waals surface area contributed by atoms with Crippen molar-refractivity contribution in [3.63, 3.8) is 0 Å². The number of carbonyl (C=O) groups is 1. The quantitative estimate of drug-likeness (QED) is 0.710. The number of nitrogens with one attached hydrogen (secondary N) is 1. The molecular formula is C18H23ClN4O3S2. The minimum absolute atomic E-state index is 0.127. The van der Waals surface area contributed by atoms with E-state index in [0.717, 1.165) is 5.56 Å². The van der Waals surface area contributed by atoms with Gasteiger partial charge in [0.05, 0.1) is 5.75 Å². The Kier molecular flexibility index (Phi) is 7.05. The molecule has 1 amide bonds. The minimum Gasteiger partial charge on any atom is -0.349 e. The second-order valence-electron chi connectivity index (χ2n) is 6.40. The average Bonchev–Trinajstić information content (AvgIpc) is 3.11. The normalized spacial score (nSPS) is 16.2. The molecule has 0 bridgehead atoms. The highest BCUT2D eigenvalue weighted by atomic mass is 35.5. The Hall–Kier alpha value is -1.52. The molecule has 2 aromatic rings. The number of hydrogen-bond acceptors (Lipinski definition) is 6. The van der Waals surface area contributed by atoms with Gasteiger partial charge in [-0.3, -0.25) is 9.69 Å². The lowest BCUT2D eigenvalue weighted by molar-refractivity contribution is 0.0941. The van der Waals surface area contributed by atoms with Crippen LogP contribution in [0.4, 0.5) is 0 Å². The van der Waals surface area contributed by atoms with E-state index < -0.39 is 10.0 Å². The second-order valence-corrected chi connectivity index (χ2v) is 10.3. The van der Waals surface area contributed by atoms with Crippen molar-refractivity contribution in [2.45, 2.75) is 6.92 Å². The number of nitrogens with zero attached hydrogens (tertiary/aromatic N) is 3. The molecule has 1 aliphatic rings. The molecule has 0 unspecified atom stereocenters. The third-order valence-electron chi connectivity index (χ3n) is 4.62. The first-order chi connectivity index (χ1) is 13.4. The molecule has 0 saturated carbocycles. The van der Waals surface area contributed by atoms with E-state index in [9.17, 15) is 13.2 Å². The molecular weight excluding hydrogens is 420 g/mol. The van der Waals surface area contributed by atoms with Crippen LogP contribution in [-0.2, 0) is 10.0 Å². The van der Waals surface area contributed by atoms with Gasteiger partial charge in [-0.1, -0.05) is 41.9 Å². The average molecular weight is 443 g/mol. The Morgan fingerprint density at radius 3 is 2.54 bits per heavy atom. The fourth-order valence-electron chi connectivity index (χ4n) is 2.97. The lowest BCUT2D eigenvalue weighted by atomic mass is 10.2. The lowest BCUT2D eigenvalue weighted by Crippen LogP contribution is -2.50. The SMILES string of the molecule is CCS(=O)(=O)N1CCN(CCNC(=O)c2nc(-c3ccccc3)sc2Cl)CC1. The Labute approximate surface area is 174 Å². The molecule has 10 heteroatoms. The number of benzene rings is 1. The van der Waals surface area contributed by atoms with Crippen molar-refractivity contribution in [3.05, 3.63) is 40.4 Å². The van der Waals surface area contributed by atoms with Gasteiger partial charge in [-0.05, 0) is 6.92 Å². The van der Waals surface area contributed by atoms with Crippen molar-refractivity contribution >= 4 is 38.9 Å². The third-order valence-corrected chi connectivity index (χ3v) is 7.81. The summed E-state index contributed by atoms with van der Waals surface area (Å²) in [6.07, 6.45) is 0.